The van der Waals surface area contributed by atoms with Crippen molar-refractivity contribution in [3.63, 3.8) is 0 Å². The van der Waals surface area contributed by atoms with Gasteiger partial charge < -0.3 is 44.0 Å². The predicted octanol–water partition coefficient (Wildman–Crippen LogP) is 2.15. The van der Waals surface area contributed by atoms with E-state index in [0.717, 1.165) is 5.57 Å². The summed E-state index contributed by atoms with van der Waals surface area (Å²) in [5.74, 6) is -2.24. The Bertz CT molecular complexity index is 760. The van der Waals surface area contributed by atoms with Gasteiger partial charge in [0, 0.05) is 51.9 Å². The van der Waals surface area contributed by atoms with E-state index in [1.807, 2.05) is 41.5 Å². The van der Waals surface area contributed by atoms with Crippen LogP contribution < -0.4 is 5.32 Å². The Balaban J connectivity index is 2.15. The van der Waals surface area contributed by atoms with Gasteiger partial charge in [-0.2, -0.15) is 0 Å². The molecular formula is C27H49NO9. The van der Waals surface area contributed by atoms with Crippen molar-refractivity contribution in [2.75, 3.05) is 27.9 Å². The Morgan fingerprint density at radius 1 is 1.22 bits per heavy atom. The molecule has 0 aromatic heterocycles. The van der Waals surface area contributed by atoms with E-state index in [2.05, 4.69) is 11.9 Å². The van der Waals surface area contributed by atoms with Crippen LogP contribution in [0, 0.1) is 11.3 Å². The zero-order chi connectivity index (χ0) is 28.1. The average Bonchev–Trinajstić information content (AvgIpc) is 2.84. The van der Waals surface area contributed by atoms with E-state index < -0.39 is 47.8 Å². The minimum absolute atomic E-state index is 0.0580. The molecule has 0 aromatic carbocycles. The first-order valence-electron chi connectivity index (χ1n) is 13.1. The standard InChI is InChI=1S/C27H49NO9/c1-15(2)35-14-19(32-8)11-22-26(6,7)21(29)12-20(36-22)25(33-9)28-24(31)23(30)27(34-10)13-16(3)17(4)18(5)37-27/h15,17-23,25,29-30H,3,11-14H2,1-2,4-10H3,(H,28,31)/t17-,18-,19+,20+,21-,22-,23-,25+,27-/m1/s1. The molecule has 216 valence electrons. The quantitative estimate of drug-likeness (QED) is 0.257. The van der Waals surface area contributed by atoms with Gasteiger partial charge >= 0.3 is 0 Å². The van der Waals surface area contributed by atoms with Gasteiger partial charge in [0.1, 0.15) is 6.10 Å². The zero-order valence-corrected chi connectivity index (χ0v) is 24.0. The molecule has 2 saturated heterocycles. The number of hydrogen-bond donors (Lipinski definition) is 3. The van der Waals surface area contributed by atoms with Crippen LogP contribution in [0.1, 0.15) is 60.8 Å². The van der Waals surface area contributed by atoms with Crippen LogP contribution in [0.4, 0.5) is 0 Å². The average molecular weight is 532 g/mol. The van der Waals surface area contributed by atoms with Gasteiger partial charge in [-0.1, -0.05) is 32.9 Å². The Morgan fingerprint density at radius 3 is 2.38 bits per heavy atom. The molecule has 2 fully saturated rings. The van der Waals surface area contributed by atoms with E-state index in [9.17, 15) is 15.0 Å². The number of amides is 1. The molecule has 0 saturated carbocycles. The molecule has 3 N–H and O–H groups in total. The van der Waals surface area contributed by atoms with Crippen molar-refractivity contribution in [2.24, 2.45) is 11.3 Å². The summed E-state index contributed by atoms with van der Waals surface area (Å²) >= 11 is 0. The monoisotopic (exact) mass is 531 g/mol. The second kappa shape index (κ2) is 13.3. The number of methoxy groups -OCH3 is 3. The predicted molar refractivity (Wildman–Crippen MR) is 138 cm³/mol. The van der Waals surface area contributed by atoms with Crippen LogP contribution in [0.25, 0.3) is 0 Å². The maximum absolute atomic E-state index is 13.2. The van der Waals surface area contributed by atoms with Crippen LogP contribution in [-0.2, 0) is 33.2 Å². The number of carbonyl (C=O) groups excluding carboxylic acids is 1. The van der Waals surface area contributed by atoms with Gasteiger partial charge in [0.05, 0.1) is 37.1 Å². The molecular weight excluding hydrogens is 482 g/mol. The highest BCUT2D eigenvalue weighted by atomic mass is 16.7. The fourth-order valence-electron chi connectivity index (χ4n) is 4.89. The maximum Gasteiger partial charge on any atom is 0.256 e. The lowest BCUT2D eigenvalue weighted by Gasteiger charge is -2.48. The topological polar surface area (TPSA) is 125 Å². The summed E-state index contributed by atoms with van der Waals surface area (Å²) in [6.07, 6.45) is -3.96. The molecule has 0 bridgehead atoms. The van der Waals surface area contributed by atoms with Gasteiger partial charge in [-0.25, -0.2) is 0 Å². The first-order chi connectivity index (χ1) is 17.2. The van der Waals surface area contributed by atoms with Crippen LogP contribution in [0.5, 0.6) is 0 Å². The van der Waals surface area contributed by atoms with Crippen LogP contribution in [-0.4, -0.2) is 98.8 Å². The zero-order valence-electron chi connectivity index (χ0n) is 24.0. The Hall–Kier alpha value is -1.11. The third-order valence-corrected chi connectivity index (χ3v) is 8.00. The van der Waals surface area contributed by atoms with Crippen LogP contribution in [0.15, 0.2) is 12.2 Å². The minimum Gasteiger partial charge on any atom is -0.392 e. The smallest absolute Gasteiger partial charge is 0.256 e. The third-order valence-electron chi connectivity index (χ3n) is 8.00. The van der Waals surface area contributed by atoms with Gasteiger partial charge in [-0.3, -0.25) is 4.79 Å². The van der Waals surface area contributed by atoms with Crippen molar-refractivity contribution in [3.8, 4) is 0 Å². The molecule has 2 rings (SSSR count). The summed E-state index contributed by atoms with van der Waals surface area (Å²) in [6.45, 7) is 16.1. The van der Waals surface area contributed by atoms with E-state index in [-0.39, 0.29) is 37.1 Å². The van der Waals surface area contributed by atoms with Crippen LogP contribution in [0.2, 0.25) is 0 Å². The van der Waals surface area contributed by atoms with Gasteiger partial charge in [0.25, 0.3) is 5.91 Å². The third kappa shape index (κ3) is 7.51. The maximum atomic E-state index is 13.2. The van der Waals surface area contributed by atoms with Crippen molar-refractivity contribution in [1.82, 2.24) is 5.32 Å². The number of aliphatic hydroxyl groups excluding tert-OH is 2. The molecule has 0 radical (unpaired) electrons. The number of ether oxygens (including phenoxy) is 6. The van der Waals surface area contributed by atoms with E-state index in [0.29, 0.717) is 13.0 Å². The largest absolute Gasteiger partial charge is 0.392 e. The second-order valence-corrected chi connectivity index (χ2v) is 11.2. The molecule has 2 aliphatic rings. The highest BCUT2D eigenvalue weighted by molar-refractivity contribution is 5.82. The van der Waals surface area contributed by atoms with Crippen LogP contribution in [0.3, 0.4) is 0 Å². The lowest BCUT2D eigenvalue weighted by atomic mass is 9.74. The number of rotatable bonds is 12. The van der Waals surface area contributed by atoms with E-state index in [4.69, 9.17) is 28.4 Å². The Morgan fingerprint density at radius 2 is 1.86 bits per heavy atom. The highest BCUT2D eigenvalue weighted by Gasteiger charge is 2.51. The first kappa shape index (κ1) is 32.1. The van der Waals surface area contributed by atoms with Gasteiger partial charge in [-0.15, -0.1) is 0 Å². The van der Waals surface area contributed by atoms with Crippen molar-refractivity contribution in [1.29, 1.82) is 0 Å². The molecule has 10 nitrogen and oxygen atoms in total. The Labute approximate surface area is 222 Å². The first-order valence-corrected chi connectivity index (χ1v) is 13.1. The van der Waals surface area contributed by atoms with Crippen molar-refractivity contribution in [3.05, 3.63) is 12.2 Å². The SMILES string of the molecule is C=C1C[C@](OC)([C@H](O)C(=O)N[C@@H](OC)[C@@H]2C[C@@H](O)C(C)(C)[C@@H](C[C@@H](COC(C)C)OC)O2)O[C@H](C)[C@@H]1C. The van der Waals surface area contributed by atoms with Crippen molar-refractivity contribution < 1.29 is 43.4 Å². The summed E-state index contributed by atoms with van der Waals surface area (Å²) < 4.78 is 34.8. The van der Waals surface area contributed by atoms with Gasteiger partial charge in [0.2, 0.25) is 5.79 Å². The molecule has 2 aliphatic heterocycles. The lowest BCUT2D eigenvalue weighted by Crippen LogP contribution is -2.62. The number of aliphatic hydroxyl groups is 2. The van der Waals surface area contributed by atoms with Crippen LogP contribution >= 0.6 is 0 Å². The lowest BCUT2D eigenvalue weighted by molar-refractivity contribution is -0.298. The van der Waals surface area contributed by atoms with Gasteiger partial charge in [-0.05, 0) is 20.8 Å². The number of carbonyl (C=O) groups is 1. The summed E-state index contributed by atoms with van der Waals surface area (Å²) in [5.41, 5.74) is 0.254. The van der Waals surface area contributed by atoms with Crippen molar-refractivity contribution >= 4 is 5.91 Å². The molecule has 1 amide bonds. The number of nitrogens with one attached hydrogen (secondary N) is 1. The van der Waals surface area contributed by atoms with E-state index in [1.54, 1.807) is 7.11 Å². The van der Waals surface area contributed by atoms with Gasteiger partial charge in [0.15, 0.2) is 12.3 Å². The molecule has 0 aliphatic carbocycles. The molecule has 9 atom stereocenters. The number of hydrogen-bond acceptors (Lipinski definition) is 9. The minimum atomic E-state index is -1.64. The molecule has 0 aromatic rings. The van der Waals surface area contributed by atoms with E-state index >= 15 is 0 Å². The molecule has 0 spiro atoms. The molecule has 10 heteroatoms. The highest BCUT2D eigenvalue weighted by Crippen LogP contribution is 2.41. The molecule has 0 unspecified atom stereocenters. The fraction of sp³-hybridized carbons (Fsp3) is 0.889. The fourth-order valence-corrected chi connectivity index (χ4v) is 4.89. The summed E-state index contributed by atoms with van der Waals surface area (Å²) in [7, 11) is 4.45. The molecule has 37 heavy (non-hydrogen) atoms. The normalized spacial score (nSPS) is 34.7. The summed E-state index contributed by atoms with van der Waals surface area (Å²) in [6, 6.07) is 0. The second-order valence-electron chi connectivity index (χ2n) is 11.2. The molecule has 2 heterocycles. The van der Waals surface area contributed by atoms with E-state index in [1.165, 1.54) is 14.2 Å². The summed E-state index contributed by atoms with van der Waals surface area (Å²) in [5, 5.41) is 24.8. The Kier molecular flexibility index (Phi) is 11.5. The summed E-state index contributed by atoms with van der Waals surface area (Å²) in [4.78, 5) is 13.2. The van der Waals surface area contributed by atoms with Crippen molar-refractivity contribution in [2.45, 2.75) is 116 Å².